The number of carboxylic acid groups (broad SMARTS) is 1. The van der Waals surface area contributed by atoms with Gasteiger partial charge in [0.1, 0.15) is 0 Å². The molecule has 58 valence electrons. The second-order valence-electron chi connectivity index (χ2n) is 2.48. The lowest BCUT2D eigenvalue weighted by Crippen LogP contribution is -2.09. The Kier molecular flexibility index (Phi) is 1.14. The van der Waals surface area contributed by atoms with Crippen molar-refractivity contribution < 1.29 is 9.90 Å². The molecule has 0 amide bonds. The maximum absolute atomic E-state index is 10.5. The van der Waals surface area contributed by atoms with Crippen LogP contribution in [-0.4, -0.2) is 31.3 Å². The Hall–Kier alpha value is -1.46. The number of tetrazole rings is 1. The predicted molar refractivity (Wildman–Crippen MR) is 33.0 cm³/mol. The second-order valence-corrected chi connectivity index (χ2v) is 2.48. The number of nitrogens with zero attached hydrogens (tertiary/aromatic N) is 4. The van der Waals surface area contributed by atoms with Gasteiger partial charge in [-0.3, -0.25) is 0 Å². The van der Waals surface area contributed by atoms with E-state index in [4.69, 9.17) is 5.11 Å². The van der Waals surface area contributed by atoms with Crippen LogP contribution in [0.4, 0.5) is 0 Å². The summed E-state index contributed by atoms with van der Waals surface area (Å²) in [5.41, 5.74) is 0. The fourth-order valence-electron chi connectivity index (χ4n) is 0.899. The normalized spacial score (nSPS) is 16.7. The maximum atomic E-state index is 10.5. The fraction of sp³-hybridized carbons (Fsp3) is 0.600. The van der Waals surface area contributed by atoms with Gasteiger partial charge in [-0.15, -0.1) is 5.10 Å². The highest BCUT2D eigenvalue weighted by atomic mass is 16.4. The van der Waals surface area contributed by atoms with Crippen molar-refractivity contribution in [3.63, 3.8) is 0 Å². The molecule has 0 spiro atoms. The number of carbonyl (C=O) groups is 1. The molecule has 0 aromatic carbocycles. The zero-order chi connectivity index (χ0) is 7.84. The average Bonchev–Trinajstić information content (AvgIpc) is 2.68. The van der Waals surface area contributed by atoms with E-state index in [9.17, 15) is 4.79 Å². The van der Waals surface area contributed by atoms with Crippen LogP contribution in [0, 0.1) is 0 Å². The zero-order valence-electron chi connectivity index (χ0n) is 5.64. The molecule has 1 saturated carbocycles. The van der Waals surface area contributed by atoms with Crippen molar-refractivity contribution in [2.24, 2.45) is 0 Å². The molecule has 0 radical (unpaired) electrons. The summed E-state index contributed by atoms with van der Waals surface area (Å²) in [7, 11) is 0. The number of carboxylic acids is 1. The fourth-order valence-corrected chi connectivity index (χ4v) is 0.899. The van der Waals surface area contributed by atoms with Crippen LogP contribution in [0.3, 0.4) is 0 Å². The number of hydrogen-bond acceptors (Lipinski definition) is 4. The van der Waals surface area contributed by atoms with E-state index in [0.29, 0.717) is 0 Å². The van der Waals surface area contributed by atoms with Gasteiger partial charge >= 0.3 is 5.97 Å². The lowest BCUT2D eigenvalue weighted by molar-refractivity contribution is 0.0676. The molecule has 1 aromatic heterocycles. The monoisotopic (exact) mass is 154 g/mol. The van der Waals surface area contributed by atoms with Crippen LogP contribution < -0.4 is 0 Å². The van der Waals surface area contributed by atoms with E-state index >= 15 is 0 Å². The molecular formula is C5H6N4O2. The average molecular weight is 154 g/mol. The van der Waals surface area contributed by atoms with Crippen molar-refractivity contribution in [2.45, 2.75) is 18.9 Å². The first kappa shape index (κ1) is 6.26. The Morgan fingerprint density at radius 1 is 1.64 bits per heavy atom. The lowest BCUT2D eigenvalue weighted by Gasteiger charge is -1.94. The van der Waals surface area contributed by atoms with Crippen LogP contribution in [0.1, 0.15) is 29.5 Å². The Morgan fingerprint density at radius 3 is 2.91 bits per heavy atom. The van der Waals surface area contributed by atoms with E-state index in [1.54, 1.807) is 0 Å². The Morgan fingerprint density at radius 2 is 2.36 bits per heavy atom. The van der Waals surface area contributed by atoms with Gasteiger partial charge in [-0.25, -0.2) is 9.48 Å². The van der Waals surface area contributed by atoms with Crippen molar-refractivity contribution in [1.29, 1.82) is 0 Å². The van der Waals surface area contributed by atoms with Crippen LogP contribution in [-0.2, 0) is 0 Å². The molecule has 0 aliphatic heterocycles. The Balaban J connectivity index is 2.37. The largest absolute Gasteiger partial charge is 0.475 e. The molecule has 1 aliphatic rings. The number of aromatic nitrogens is 4. The molecule has 0 atom stereocenters. The Bertz CT molecular complexity index is 290. The molecular weight excluding hydrogens is 148 g/mol. The maximum Gasteiger partial charge on any atom is 0.375 e. The van der Waals surface area contributed by atoms with Crippen LogP contribution in [0.15, 0.2) is 0 Å². The third-order valence-corrected chi connectivity index (χ3v) is 1.58. The molecule has 0 unspecified atom stereocenters. The summed E-state index contributed by atoms with van der Waals surface area (Å²) >= 11 is 0. The summed E-state index contributed by atoms with van der Waals surface area (Å²) in [6.07, 6.45) is 1.96. The first-order valence-electron chi connectivity index (χ1n) is 3.30. The minimum Gasteiger partial charge on any atom is -0.475 e. The molecule has 0 saturated heterocycles. The Labute approximate surface area is 61.8 Å². The molecule has 2 rings (SSSR count). The first-order valence-corrected chi connectivity index (χ1v) is 3.30. The van der Waals surface area contributed by atoms with Gasteiger partial charge < -0.3 is 5.11 Å². The molecule has 6 nitrogen and oxygen atoms in total. The summed E-state index contributed by atoms with van der Waals surface area (Å²) in [5, 5.41) is 18.8. The van der Waals surface area contributed by atoms with Crippen LogP contribution in [0.5, 0.6) is 0 Å². The van der Waals surface area contributed by atoms with Gasteiger partial charge in [0.2, 0.25) is 0 Å². The summed E-state index contributed by atoms with van der Waals surface area (Å²) in [6.45, 7) is 0. The van der Waals surface area contributed by atoms with Gasteiger partial charge in [0.25, 0.3) is 5.82 Å². The van der Waals surface area contributed by atoms with Crippen molar-refractivity contribution in [1.82, 2.24) is 20.2 Å². The van der Waals surface area contributed by atoms with E-state index in [1.165, 1.54) is 4.68 Å². The second kappa shape index (κ2) is 2.01. The summed E-state index contributed by atoms with van der Waals surface area (Å²) in [5.74, 6) is -1.13. The standard InChI is InChI=1S/C5H6N4O2/c10-5(11)4-6-7-8-9(4)3-1-2-3/h3H,1-2H2,(H,10,11). The van der Waals surface area contributed by atoms with E-state index in [1.807, 2.05) is 0 Å². The summed E-state index contributed by atoms with van der Waals surface area (Å²) in [4.78, 5) is 10.5. The quantitative estimate of drug-likeness (QED) is 0.632. The molecule has 1 aliphatic carbocycles. The highest BCUT2D eigenvalue weighted by Crippen LogP contribution is 2.34. The van der Waals surface area contributed by atoms with Gasteiger partial charge in [-0.05, 0) is 23.3 Å². The van der Waals surface area contributed by atoms with Gasteiger partial charge in [0.05, 0.1) is 6.04 Å². The van der Waals surface area contributed by atoms with Crippen molar-refractivity contribution in [3.8, 4) is 0 Å². The predicted octanol–water partition coefficient (Wildman–Crippen LogP) is -0.294. The molecule has 0 bridgehead atoms. The molecule has 1 N–H and O–H groups in total. The third kappa shape index (κ3) is 0.957. The van der Waals surface area contributed by atoms with E-state index in [0.717, 1.165) is 12.8 Å². The van der Waals surface area contributed by atoms with Crippen LogP contribution in [0.2, 0.25) is 0 Å². The minimum atomic E-state index is -1.07. The molecule has 6 heteroatoms. The van der Waals surface area contributed by atoms with E-state index in [-0.39, 0.29) is 11.9 Å². The first-order chi connectivity index (χ1) is 5.29. The summed E-state index contributed by atoms with van der Waals surface area (Å²) in [6, 6.07) is 0.219. The van der Waals surface area contributed by atoms with Gasteiger partial charge in [0.15, 0.2) is 0 Å². The van der Waals surface area contributed by atoms with Crippen LogP contribution in [0.25, 0.3) is 0 Å². The molecule has 11 heavy (non-hydrogen) atoms. The van der Waals surface area contributed by atoms with Gasteiger partial charge in [-0.2, -0.15) is 0 Å². The van der Waals surface area contributed by atoms with Crippen LogP contribution >= 0.6 is 0 Å². The van der Waals surface area contributed by atoms with Crippen molar-refractivity contribution in [2.75, 3.05) is 0 Å². The van der Waals surface area contributed by atoms with E-state index < -0.39 is 5.97 Å². The van der Waals surface area contributed by atoms with Crippen molar-refractivity contribution in [3.05, 3.63) is 5.82 Å². The number of aromatic carboxylic acids is 1. The topological polar surface area (TPSA) is 80.9 Å². The SMILES string of the molecule is O=C(O)c1nnnn1C1CC1. The van der Waals surface area contributed by atoms with Gasteiger partial charge in [0, 0.05) is 0 Å². The molecule has 1 aromatic rings. The van der Waals surface area contributed by atoms with E-state index in [2.05, 4.69) is 15.5 Å². The summed E-state index contributed by atoms with van der Waals surface area (Å²) < 4.78 is 1.36. The molecule has 1 fully saturated rings. The van der Waals surface area contributed by atoms with Crippen molar-refractivity contribution >= 4 is 5.97 Å². The van der Waals surface area contributed by atoms with Gasteiger partial charge in [-0.1, -0.05) is 0 Å². The minimum absolute atomic E-state index is 0.0625. The molecule has 1 heterocycles. The zero-order valence-corrected chi connectivity index (χ0v) is 5.64. The third-order valence-electron chi connectivity index (χ3n) is 1.58. The number of rotatable bonds is 2. The smallest absolute Gasteiger partial charge is 0.375 e. The highest BCUT2D eigenvalue weighted by Gasteiger charge is 2.29. The number of hydrogen-bond donors (Lipinski definition) is 1. The lowest BCUT2D eigenvalue weighted by atomic mass is 10.6. The highest BCUT2D eigenvalue weighted by molar-refractivity contribution is 5.83.